The van der Waals surface area contributed by atoms with Gasteiger partial charge in [0.1, 0.15) is 0 Å². The molecule has 2 amide bonds. The summed E-state index contributed by atoms with van der Waals surface area (Å²) in [4.78, 5) is 14.7. The van der Waals surface area contributed by atoms with Gasteiger partial charge in [-0.2, -0.15) is 0 Å². The van der Waals surface area contributed by atoms with Crippen LogP contribution in [-0.4, -0.2) is 30.1 Å². The van der Waals surface area contributed by atoms with Crippen LogP contribution in [0, 0.1) is 10.8 Å². The second-order valence-electron chi connectivity index (χ2n) is 8.45. The summed E-state index contributed by atoms with van der Waals surface area (Å²) in [5, 5.41) is 3.85. The second kappa shape index (κ2) is 6.01. The van der Waals surface area contributed by atoms with Gasteiger partial charge in [-0.05, 0) is 54.2 Å². The number of halogens is 1. The molecule has 2 bridgehead atoms. The molecule has 1 saturated carbocycles. The van der Waals surface area contributed by atoms with Crippen LogP contribution in [0.3, 0.4) is 0 Å². The lowest BCUT2D eigenvalue weighted by Gasteiger charge is -2.39. The Morgan fingerprint density at radius 3 is 2.65 bits per heavy atom. The van der Waals surface area contributed by atoms with Gasteiger partial charge in [-0.3, -0.25) is 0 Å². The van der Waals surface area contributed by atoms with Gasteiger partial charge in [0.2, 0.25) is 0 Å². The minimum atomic E-state index is 0.102. The highest BCUT2D eigenvalue weighted by Crippen LogP contribution is 2.52. The van der Waals surface area contributed by atoms with Crippen molar-refractivity contribution in [2.75, 3.05) is 13.1 Å². The highest BCUT2D eigenvalue weighted by atomic mass is 35.5. The Balaban J connectivity index is 1.54. The Kier molecular flexibility index (Phi) is 4.35. The predicted molar refractivity (Wildman–Crippen MR) is 94.8 cm³/mol. The number of likely N-dealkylation sites (tertiary alicyclic amines) is 1. The van der Waals surface area contributed by atoms with Crippen LogP contribution in [0.2, 0.25) is 5.02 Å². The first-order chi connectivity index (χ1) is 10.8. The van der Waals surface area contributed by atoms with Crippen molar-refractivity contribution in [3.63, 3.8) is 0 Å². The molecule has 1 aliphatic heterocycles. The van der Waals surface area contributed by atoms with E-state index in [2.05, 4.69) is 31.0 Å². The van der Waals surface area contributed by atoms with Crippen molar-refractivity contribution in [2.45, 2.75) is 52.5 Å². The average Bonchev–Trinajstić information content (AvgIpc) is 2.70. The maximum absolute atomic E-state index is 12.6. The number of benzene rings is 1. The van der Waals surface area contributed by atoms with E-state index in [9.17, 15) is 4.79 Å². The summed E-state index contributed by atoms with van der Waals surface area (Å²) in [6, 6.07) is 8.32. The van der Waals surface area contributed by atoms with E-state index in [1.807, 2.05) is 24.3 Å². The summed E-state index contributed by atoms with van der Waals surface area (Å²) in [6.45, 7) is 8.57. The highest BCUT2D eigenvalue weighted by Gasteiger charge is 2.50. The first kappa shape index (κ1) is 16.6. The third kappa shape index (κ3) is 3.82. The van der Waals surface area contributed by atoms with Crippen molar-refractivity contribution in [1.29, 1.82) is 0 Å². The Labute approximate surface area is 144 Å². The molecule has 2 atom stereocenters. The van der Waals surface area contributed by atoms with E-state index in [0.717, 1.165) is 30.8 Å². The van der Waals surface area contributed by atoms with Crippen molar-refractivity contribution in [3.8, 4) is 0 Å². The molecule has 1 heterocycles. The van der Waals surface area contributed by atoms with Crippen LogP contribution in [0.15, 0.2) is 24.3 Å². The van der Waals surface area contributed by atoms with E-state index in [4.69, 9.17) is 11.6 Å². The maximum Gasteiger partial charge on any atom is 0.317 e. The zero-order valence-corrected chi connectivity index (χ0v) is 15.1. The number of carbonyl (C=O) groups excluding carboxylic acids is 1. The van der Waals surface area contributed by atoms with Gasteiger partial charge in [0.25, 0.3) is 0 Å². The molecule has 3 nitrogen and oxygen atoms in total. The van der Waals surface area contributed by atoms with Crippen molar-refractivity contribution < 1.29 is 4.79 Å². The summed E-state index contributed by atoms with van der Waals surface area (Å²) in [7, 11) is 0. The van der Waals surface area contributed by atoms with Gasteiger partial charge in [-0.1, -0.05) is 44.5 Å². The minimum Gasteiger partial charge on any atom is -0.338 e. The van der Waals surface area contributed by atoms with Gasteiger partial charge in [0.15, 0.2) is 0 Å². The topological polar surface area (TPSA) is 32.3 Å². The fourth-order valence-electron chi connectivity index (χ4n) is 4.76. The summed E-state index contributed by atoms with van der Waals surface area (Å²) < 4.78 is 0. The van der Waals surface area contributed by atoms with Gasteiger partial charge in [-0.25, -0.2) is 4.79 Å². The van der Waals surface area contributed by atoms with E-state index in [1.54, 1.807) is 0 Å². The van der Waals surface area contributed by atoms with Gasteiger partial charge >= 0.3 is 6.03 Å². The smallest absolute Gasteiger partial charge is 0.317 e. The van der Waals surface area contributed by atoms with Gasteiger partial charge in [0, 0.05) is 24.2 Å². The normalized spacial score (nSPS) is 28.7. The fraction of sp³-hybridized carbons (Fsp3) is 0.632. The van der Waals surface area contributed by atoms with Crippen LogP contribution in [0.5, 0.6) is 0 Å². The molecule has 0 aromatic heterocycles. The number of amides is 2. The molecule has 1 aliphatic carbocycles. The van der Waals surface area contributed by atoms with E-state index in [0.29, 0.717) is 23.4 Å². The number of urea groups is 1. The third-order valence-electron chi connectivity index (χ3n) is 5.28. The number of rotatable bonds is 3. The molecule has 2 unspecified atom stereocenters. The highest BCUT2D eigenvalue weighted by molar-refractivity contribution is 6.30. The molecular weight excluding hydrogens is 308 g/mol. The maximum atomic E-state index is 12.6. The Hall–Kier alpha value is -1.22. The number of nitrogens with zero attached hydrogens (tertiary/aromatic N) is 1. The minimum absolute atomic E-state index is 0.102. The van der Waals surface area contributed by atoms with Crippen LogP contribution in [0.1, 0.15) is 45.6 Å². The lowest BCUT2D eigenvalue weighted by Crippen LogP contribution is -2.44. The van der Waals surface area contributed by atoms with Gasteiger partial charge < -0.3 is 10.2 Å². The SMILES string of the molecule is CC1(C)CC2CC(C)(CN2C(=O)NCCc2ccc(Cl)cc2)C1. The molecule has 4 heteroatoms. The van der Waals surface area contributed by atoms with Crippen molar-refractivity contribution in [1.82, 2.24) is 10.2 Å². The van der Waals surface area contributed by atoms with Crippen LogP contribution < -0.4 is 5.32 Å². The molecule has 1 saturated heterocycles. The van der Waals surface area contributed by atoms with Crippen molar-refractivity contribution >= 4 is 17.6 Å². The largest absolute Gasteiger partial charge is 0.338 e. The van der Waals surface area contributed by atoms with E-state index >= 15 is 0 Å². The molecule has 3 rings (SSSR count). The van der Waals surface area contributed by atoms with Crippen LogP contribution in [0.4, 0.5) is 4.79 Å². The lowest BCUT2D eigenvalue weighted by molar-refractivity contribution is 0.129. The monoisotopic (exact) mass is 334 g/mol. The molecule has 1 N–H and O–H groups in total. The number of carbonyl (C=O) groups is 1. The zero-order valence-electron chi connectivity index (χ0n) is 14.4. The van der Waals surface area contributed by atoms with E-state index in [1.165, 1.54) is 12.0 Å². The number of nitrogens with one attached hydrogen (secondary N) is 1. The first-order valence-electron chi connectivity index (χ1n) is 8.55. The number of hydrogen-bond acceptors (Lipinski definition) is 1. The van der Waals surface area contributed by atoms with E-state index < -0.39 is 0 Å². The molecule has 23 heavy (non-hydrogen) atoms. The van der Waals surface area contributed by atoms with Crippen LogP contribution in [-0.2, 0) is 6.42 Å². The fourth-order valence-corrected chi connectivity index (χ4v) is 4.89. The first-order valence-corrected chi connectivity index (χ1v) is 8.93. The van der Waals surface area contributed by atoms with Gasteiger partial charge in [-0.15, -0.1) is 0 Å². The Morgan fingerprint density at radius 1 is 1.26 bits per heavy atom. The van der Waals surface area contributed by atoms with Crippen LogP contribution in [0.25, 0.3) is 0 Å². The lowest BCUT2D eigenvalue weighted by atomic mass is 9.65. The van der Waals surface area contributed by atoms with Crippen molar-refractivity contribution in [3.05, 3.63) is 34.9 Å². The molecule has 0 radical (unpaired) electrons. The second-order valence-corrected chi connectivity index (χ2v) is 8.89. The molecule has 1 aromatic rings. The van der Waals surface area contributed by atoms with Gasteiger partial charge in [0.05, 0.1) is 0 Å². The Bertz CT molecular complexity index is 584. The predicted octanol–water partition coefficient (Wildman–Crippen LogP) is 4.49. The molecule has 2 aliphatic rings. The summed E-state index contributed by atoms with van der Waals surface area (Å²) in [6.07, 6.45) is 4.32. The van der Waals surface area contributed by atoms with Crippen LogP contribution >= 0.6 is 11.6 Å². The quantitative estimate of drug-likeness (QED) is 0.867. The molecular formula is C19H27ClN2O. The Morgan fingerprint density at radius 2 is 1.96 bits per heavy atom. The number of fused-ring (bicyclic) bond motifs is 2. The average molecular weight is 335 g/mol. The zero-order chi connectivity index (χ0) is 16.7. The molecule has 2 fully saturated rings. The molecule has 126 valence electrons. The summed E-state index contributed by atoms with van der Waals surface area (Å²) in [5.74, 6) is 0. The molecule has 1 aromatic carbocycles. The third-order valence-corrected chi connectivity index (χ3v) is 5.53. The number of hydrogen-bond donors (Lipinski definition) is 1. The summed E-state index contributed by atoms with van der Waals surface area (Å²) in [5.41, 5.74) is 1.83. The van der Waals surface area contributed by atoms with Crippen molar-refractivity contribution in [2.24, 2.45) is 10.8 Å². The van der Waals surface area contributed by atoms with E-state index in [-0.39, 0.29) is 6.03 Å². The standard InChI is InChI=1S/C19H27ClN2O/c1-18(2)10-16-11-19(3,12-18)13-22(16)17(23)21-9-8-14-4-6-15(20)7-5-14/h4-7,16H,8-13H2,1-3H3,(H,21,23). The molecule has 0 spiro atoms. The summed E-state index contributed by atoms with van der Waals surface area (Å²) >= 11 is 5.89.